The molecule has 0 aliphatic carbocycles. The van der Waals surface area contributed by atoms with Gasteiger partial charge in [0.25, 0.3) is 0 Å². The molecule has 1 aliphatic heterocycles. The molecule has 0 aromatic heterocycles. The summed E-state index contributed by atoms with van der Waals surface area (Å²) >= 11 is 0. The van der Waals surface area contributed by atoms with E-state index in [9.17, 15) is 0 Å². The standard InChI is InChI=1S/C19H24N2O/c1-22-19-9-5-8-16(11-19)17-10-18(20)14-21(13-17)12-15-6-3-2-4-7-15/h2-9,11,17-18H,10,12-14,20H2,1H3. The molecule has 0 amide bonds. The predicted molar refractivity (Wildman–Crippen MR) is 90.0 cm³/mol. The lowest BCUT2D eigenvalue weighted by molar-refractivity contribution is 0.181. The maximum absolute atomic E-state index is 6.30. The highest BCUT2D eigenvalue weighted by atomic mass is 16.5. The van der Waals surface area contributed by atoms with Gasteiger partial charge >= 0.3 is 0 Å². The molecule has 2 atom stereocenters. The highest BCUT2D eigenvalue weighted by Crippen LogP contribution is 2.29. The molecule has 0 radical (unpaired) electrons. The molecule has 0 spiro atoms. The van der Waals surface area contributed by atoms with Crippen LogP contribution in [0.15, 0.2) is 54.6 Å². The Morgan fingerprint density at radius 2 is 1.91 bits per heavy atom. The second-order valence-corrected chi connectivity index (χ2v) is 6.15. The summed E-state index contributed by atoms with van der Waals surface area (Å²) in [5, 5.41) is 0. The van der Waals surface area contributed by atoms with Gasteiger partial charge in [-0.1, -0.05) is 42.5 Å². The Bertz CT molecular complexity index is 599. The molecule has 0 saturated carbocycles. The van der Waals surface area contributed by atoms with Crippen LogP contribution in [-0.2, 0) is 6.54 Å². The third kappa shape index (κ3) is 3.67. The van der Waals surface area contributed by atoms with Crippen LogP contribution in [0.25, 0.3) is 0 Å². The number of rotatable bonds is 4. The number of ether oxygens (including phenoxy) is 1. The Morgan fingerprint density at radius 3 is 2.68 bits per heavy atom. The van der Waals surface area contributed by atoms with Crippen LogP contribution in [-0.4, -0.2) is 31.1 Å². The summed E-state index contributed by atoms with van der Waals surface area (Å²) in [5.74, 6) is 1.40. The number of methoxy groups -OCH3 is 1. The second kappa shape index (κ2) is 6.95. The molecule has 1 fully saturated rings. The number of benzene rings is 2. The van der Waals surface area contributed by atoms with Crippen LogP contribution in [0.5, 0.6) is 5.75 Å². The zero-order valence-corrected chi connectivity index (χ0v) is 13.1. The minimum atomic E-state index is 0.230. The fraction of sp³-hybridized carbons (Fsp3) is 0.368. The summed E-state index contributed by atoms with van der Waals surface area (Å²) in [5.41, 5.74) is 8.98. The van der Waals surface area contributed by atoms with Crippen molar-refractivity contribution in [2.75, 3.05) is 20.2 Å². The first-order chi connectivity index (χ1) is 10.7. The number of likely N-dealkylation sites (tertiary alicyclic amines) is 1. The van der Waals surface area contributed by atoms with Gasteiger partial charge in [-0.25, -0.2) is 0 Å². The van der Waals surface area contributed by atoms with Crippen LogP contribution in [0.4, 0.5) is 0 Å². The third-order valence-corrected chi connectivity index (χ3v) is 4.37. The Kier molecular flexibility index (Phi) is 4.76. The van der Waals surface area contributed by atoms with Gasteiger partial charge in [0.15, 0.2) is 0 Å². The van der Waals surface area contributed by atoms with Crippen LogP contribution in [0.1, 0.15) is 23.5 Å². The van der Waals surface area contributed by atoms with E-state index in [1.807, 2.05) is 6.07 Å². The van der Waals surface area contributed by atoms with Crippen molar-refractivity contribution in [1.29, 1.82) is 0 Å². The lowest BCUT2D eigenvalue weighted by Gasteiger charge is -2.36. The number of piperidine rings is 1. The van der Waals surface area contributed by atoms with E-state index < -0.39 is 0 Å². The van der Waals surface area contributed by atoms with Crippen molar-refractivity contribution < 1.29 is 4.74 Å². The normalized spacial score (nSPS) is 22.5. The van der Waals surface area contributed by atoms with Crippen molar-refractivity contribution in [1.82, 2.24) is 4.90 Å². The Labute approximate surface area is 132 Å². The van der Waals surface area contributed by atoms with Crippen molar-refractivity contribution >= 4 is 0 Å². The minimum Gasteiger partial charge on any atom is -0.497 e. The summed E-state index contributed by atoms with van der Waals surface area (Å²) in [6.45, 7) is 2.99. The van der Waals surface area contributed by atoms with E-state index >= 15 is 0 Å². The van der Waals surface area contributed by atoms with Crippen LogP contribution in [0.2, 0.25) is 0 Å². The molecular formula is C19H24N2O. The molecular weight excluding hydrogens is 272 g/mol. The zero-order chi connectivity index (χ0) is 15.4. The molecule has 22 heavy (non-hydrogen) atoms. The maximum Gasteiger partial charge on any atom is 0.119 e. The van der Waals surface area contributed by atoms with Crippen LogP contribution in [0, 0.1) is 0 Å². The van der Waals surface area contributed by atoms with Crippen molar-refractivity contribution in [3.05, 3.63) is 65.7 Å². The van der Waals surface area contributed by atoms with Crippen LogP contribution < -0.4 is 10.5 Å². The summed E-state index contributed by atoms with van der Waals surface area (Å²) in [4.78, 5) is 2.47. The fourth-order valence-electron chi connectivity index (χ4n) is 3.34. The highest BCUT2D eigenvalue weighted by Gasteiger charge is 2.26. The first-order valence-corrected chi connectivity index (χ1v) is 7.90. The van der Waals surface area contributed by atoms with E-state index in [-0.39, 0.29) is 6.04 Å². The maximum atomic E-state index is 6.30. The van der Waals surface area contributed by atoms with Gasteiger partial charge in [-0.05, 0) is 35.6 Å². The number of nitrogens with zero attached hydrogens (tertiary/aromatic N) is 1. The van der Waals surface area contributed by atoms with Gasteiger partial charge in [-0.3, -0.25) is 4.90 Å². The lowest BCUT2D eigenvalue weighted by Crippen LogP contribution is -2.45. The molecule has 1 heterocycles. The summed E-state index contributed by atoms with van der Waals surface area (Å²) in [6, 6.07) is 19.2. The smallest absolute Gasteiger partial charge is 0.119 e. The van der Waals surface area contributed by atoms with Crippen molar-refractivity contribution in [2.45, 2.75) is 24.9 Å². The van der Waals surface area contributed by atoms with Crippen LogP contribution >= 0.6 is 0 Å². The van der Waals surface area contributed by atoms with Gasteiger partial charge in [-0.2, -0.15) is 0 Å². The second-order valence-electron chi connectivity index (χ2n) is 6.15. The van der Waals surface area contributed by atoms with Gasteiger partial charge in [-0.15, -0.1) is 0 Å². The van der Waals surface area contributed by atoms with Gasteiger partial charge in [0.2, 0.25) is 0 Å². The van der Waals surface area contributed by atoms with Crippen molar-refractivity contribution in [2.24, 2.45) is 5.73 Å². The summed E-state index contributed by atoms with van der Waals surface area (Å²) < 4.78 is 5.35. The monoisotopic (exact) mass is 296 g/mol. The quantitative estimate of drug-likeness (QED) is 0.942. The molecule has 2 N–H and O–H groups in total. The molecule has 1 aliphatic rings. The number of hydrogen-bond acceptors (Lipinski definition) is 3. The average Bonchev–Trinajstić information content (AvgIpc) is 2.55. The Balaban J connectivity index is 1.72. The molecule has 1 saturated heterocycles. The molecule has 2 unspecified atom stereocenters. The van der Waals surface area contributed by atoms with E-state index in [1.54, 1.807) is 7.11 Å². The average molecular weight is 296 g/mol. The Morgan fingerprint density at radius 1 is 1.09 bits per heavy atom. The summed E-state index contributed by atoms with van der Waals surface area (Å²) in [6.07, 6.45) is 1.04. The SMILES string of the molecule is COc1cccc(C2CC(N)CN(Cc3ccccc3)C2)c1. The lowest BCUT2D eigenvalue weighted by atomic mass is 9.88. The van der Waals surface area contributed by atoms with E-state index in [0.29, 0.717) is 5.92 Å². The van der Waals surface area contributed by atoms with Crippen molar-refractivity contribution in [3.8, 4) is 5.75 Å². The van der Waals surface area contributed by atoms with E-state index in [1.165, 1.54) is 11.1 Å². The molecule has 0 bridgehead atoms. The first-order valence-electron chi connectivity index (χ1n) is 7.90. The highest BCUT2D eigenvalue weighted by molar-refractivity contribution is 5.31. The van der Waals surface area contributed by atoms with E-state index in [0.717, 1.165) is 31.8 Å². The van der Waals surface area contributed by atoms with Gasteiger partial charge in [0, 0.05) is 25.7 Å². The molecule has 3 rings (SSSR count). The third-order valence-electron chi connectivity index (χ3n) is 4.37. The first kappa shape index (κ1) is 15.1. The van der Waals surface area contributed by atoms with Gasteiger partial charge < -0.3 is 10.5 Å². The largest absolute Gasteiger partial charge is 0.497 e. The Hall–Kier alpha value is -1.84. The van der Waals surface area contributed by atoms with Gasteiger partial charge in [0.05, 0.1) is 7.11 Å². The number of hydrogen-bond donors (Lipinski definition) is 1. The zero-order valence-electron chi connectivity index (χ0n) is 13.1. The summed E-state index contributed by atoms with van der Waals surface area (Å²) in [7, 11) is 1.72. The topological polar surface area (TPSA) is 38.5 Å². The molecule has 3 heteroatoms. The molecule has 3 nitrogen and oxygen atoms in total. The van der Waals surface area contributed by atoms with Gasteiger partial charge in [0.1, 0.15) is 5.75 Å². The minimum absolute atomic E-state index is 0.230. The van der Waals surface area contributed by atoms with E-state index in [4.69, 9.17) is 10.5 Å². The molecule has 2 aromatic rings. The predicted octanol–water partition coefficient (Wildman–Crippen LogP) is 3.01. The number of nitrogens with two attached hydrogens (primary N) is 1. The molecule has 116 valence electrons. The fourth-order valence-corrected chi connectivity index (χ4v) is 3.34. The molecule has 2 aromatic carbocycles. The van der Waals surface area contributed by atoms with E-state index in [2.05, 4.69) is 53.4 Å². The van der Waals surface area contributed by atoms with Crippen molar-refractivity contribution in [3.63, 3.8) is 0 Å². The van der Waals surface area contributed by atoms with Crippen LogP contribution in [0.3, 0.4) is 0 Å².